The number of morpholine rings is 1. The predicted octanol–water partition coefficient (Wildman–Crippen LogP) is 1.66. The van der Waals surface area contributed by atoms with E-state index in [0.29, 0.717) is 55.1 Å². The number of fused-ring (bicyclic) bond motifs is 1. The summed E-state index contributed by atoms with van der Waals surface area (Å²) < 4.78 is 34.0. The van der Waals surface area contributed by atoms with Crippen LogP contribution in [0.1, 0.15) is 26.2 Å². The molecule has 11 heteroatoms. The summed E-state index contributed by atoms with van der Waals surface area (Å²) in [4.78, 5) is 15.1. The molecule has 5 rings (SSSR count). The van der Waals surface area contributed by atoms with Gasteiger partial charge in [0.05, 0.1) is 35.1 Å². The van der Waals surface area contributed by atoms with Crippen molar-refractivity contribution in [1.29, 1.82) is 0 Å². The summed E-state index contributed by atoms with van der Waals surface area (Å²) >= 11 is 6.50. The molecular weight excluding hydrogens is 478 g/mol. The molecule has 1 aromatic rings. The van der Waals surface area contributed by atoms with E-state index in [1.165, 1.54) is 4.31 Å². The largest absolute Gasteiger partial charge is 0.378 e. The molecule has 1 saturated carbocycles. The van der Waals surface area contributed by atoms with Gasteiger partial charge in [-0.25, -0.2) is 12.7 Å². The van der Waals surface area contributed by atoms with Crippen LogP contribution in [0, 0.1) is 17.8 Å². The van der Waals surface area contributed by atoms with Crippen LogP contribution in [0.25, 0.3) is 0 Å². The lowest BCUT2D eigenvalue weighted by Crippen LogP contribution is -2.53. The number of benzene rings is 1. The number of nitrogens with zero attached hydrogens (tertiary/aromatic N) is 2. The molecule has 0 spiro atoms. The van der Waals surface area contributed by atoms with Gasteiger partial charge in [-0.15, -0.1) is 0 Å². The van der Waals surface area contributed by atoms with Gasteiger partial charge in [-0.3, -0.25) is 15.6 Å². The number of hydrazine groups is 1. The van der Waals surface area contributed by atoms with E-state index in [1.54, 1.807) is 6.07 Å². The molecule has 4 fully saturated rings. The Bertz CT molecular complexity index is 1020. The van der Waals surface area contributed by atoms with Gasteiger partial charge in [0.15, 0.2) is 0 Å². The highest BCUT2D eigenvalue weighted by Crippen LogP contribution is 2.37. The highest BCUT2D eigenvalue weighted by Gasteiger charge is 2.49. The topological polar surface area (TPSA) is 103 Å². The van der Waals surface area contributed by atoms with Crippen molar-refractivity contribution >= 4 is 38.9 Å². The van der Waals surface area contributed by atoms with E-state index in [9.17, 15) is 13.2 Å². The minimum absolute atomic E-state index is 0.0683. The minimum Gasteiger partial charge on any atom is -0.378 e. The molecule has 34 heavy (non-hydrogen) atoms. The lowest BCUT2D eigenvalue weighted by atomic mass is 9.79. The van der Waals surface area contributed by atoms with Crippen molar-refractivity contribution in [3.05, 3.63) is 23.2 Å². The molecule has 9 nitrogen and oxygen atoms in total. The highest BCUT2D eigenvalue weighted by atomic mass is 35.5. The molecule has 1 aliphatic carbocycles. The normalized spacial score (nSPS) is 32.5. The summed E-state index contributed by atoms with van der Waals surface area (Å²) in [5, 5.41) is 3.06. The van der Waals surface area contributed by atoms with Gasteiger partial charge >= 0.3 is 0 Å². The number of carbonyl (C=O) groups is 1. The molecule has 5 atom stereocenters. The number of halogens is 1. The van der Waals surface area contributed by atoms with E-state index in [2.05, 4.69) is 28.0 Å². The van der Waals surface area contributed by atoms with Crippen LogP contribution in [0.4, 0.5) is 11.4 Å². The second-order valence-corrected chi connectivity index (χ2v) is 12.6. The van der Waals surface area contributed by atoms with E-state index in [0.717, 1.165) is 31.7 Å². The summed E-state index contributed by atoms with van der Waals surface area (Å²) in [6.07, 6.45) is 2.21. The molecule has 3 aliphatic heterocycles. The summed E-state index contributed by atoms with van der Waals surface area (Å²) in [6.45, 7) is 6.45. The van der Waals surface area contributed by atoms with E-state index in [4.69, 9.17) is 16.3 Å². The molecule has 4 aliphatic rings. The first kappa shape index (κ1) is 24.3. The number of anilines is 2. The monoisotopic (exact) mass is 511 g/mol. The van der Waals surface area contributed by atoms with Gasteiger partial charge in [-0.1, -0.05) is 18.5 Å². The molecule has 3 N–H and O–H groups in total. The van der Waals surface area contributed by atoms with Gasteiger partial charge in [0.1, 0.15) is 0 Å². The molecule has 0 radical (unpaired) electrons. The van der Waals surface area contributed by atoms with Gasteiger partial charge in [0.2, 0.25) is 15.9 Å². The molecule has 4 unspecified atom stereocenters. The molecule has 1 aromatic carbocycles. The predicted molar refractivity (Wildman–Crippen MR) is 132 cm³/mol. The second-order valence-electron chi connectivity index (χ2n) is 10.1. The van der Waals surface area contributed by atoms with Crippen molar-refractivity contribution in [2.75, 3.05) is 56.2 Å². The van der Waals surface area contributed by atoms with Crippen molar-refractivity contribution < 1.29 is 17.9 Å². The maximum Gasteiger partial charge on any atom is 0.228 e. The van der Waals surface area contributed by atoms with Crippen LogP contribution in [-0.4, -0.2) is 75.9 Å². The van der Waals surface area contributed by atoms with Crippen molar-refractivity contribution in [3.63, 3.8) is 0 Å². The van der Waals surface area contributed by atoms with Crippen LogP contribution in [0.2, 0.25) is 5.02 Å². The fourth-order valence-corrected chi connectivity index (χ4v) is 8.56. The van der Waals surface area contributed by atoms with E-state index >= 15 is 0 Å². The summed E-state index contributed by atoms with van der Waals surface area (Å²) in [6, 6.07) is 5.45. The van der Waals surface area contributed by atoms with Gasteiger partial charge in [-0.05, 0) is 49.3 Å². The zero-order valence-corrected chi connectivity index (χ0v) is 21.1. The molecule has 188 valence electrons. The molecule has 1 amide bonds. The number of carbonyl (C=O) groups excluding carboxylic acids is 1. The van der Waals surface area contributed by atoms with Crippen LogP contribution in [-0.2, 0) is 19.6 Å². The Labute approximate surface area is 206 Å². The Morgan fingerprint density at radius 1 is 1.21 bits per heavy atom. The van der Waals surface area contributed by atoms with Crippen LogP contribution in [0.15, 0.2) is 18.2 Å². The van der Waals surface area contributed by atoms with Gasteiger partial charge in [0.25, 0.3) is 0 Å². The fraction of sp³-hybridized carbons (Fsp3) is 0.696. The number of sulfonamides is 1. The lowest BCUT2D eigenvalue weighted by molar-refractivity contribution is -0.119. The van der Waals surface area contributed by atoms with E-state index in [-0.39, 0.29) is 24.4 Å². The molecular formula is C23H34ClN5O4S. The number of hydrogen-bond donors (Lipinski definition) is 3. The van der Waals surface area contributed by atoms with Crippen molar-refractivity contribution in [2.24, 2.45) is 17.8 Å². The molecule has 0 aromatic heterocycles. The number of amides is 1. The Hall–Kier alpha value is -1.43. The zero-order valence-electron chi connectivity index (χ0n) is 19.5. The molecule has 3 heterocycles. The maximum atomic E-state index is 13.5. The number of rotatable bonds is 5. The molecule has 3 saturated heterocycles. The van der Waals surface area contributed by atoms with Crippen molar-refractivity contribution in [1.82, 2.24) is 15.2 Å². The van der Waals surface area contributed by atoms with Crippen molar-refractivity contribution in [3.8, 4) is 0 Å². The Morgan fingerprint density at radius 2 is 2.00 bits per heavy atom. The molecule has 0 bridgehead atoms. The maximum absolute atomic E-state index is 13.5. The minimum atomic E-state index is -3.50. The van der Waals surface area contributed by atoms with Crippen LogP contribution in [0.5, 0.6) is 0 Å². The lowest BCUT2D eigenvalue weighted by Gasteiger charge is -2.37. The second kappa shape index (κ2) is 9.91. The van der Waals surface area contributed by atoms with Crippen LogP contribution >= 0.6 is 11.6 Å². The van der Waals surface area contributed by atoms with Gasteiger partial charge in [-0.2, -0.15) is 0 Å². The fourth-order valence-electron chi connectivity index (χ4n) is 5.90. The van der Waals surface area contributed by atoms with Gasteiger partial charge < -0.3 is 15.0 Å². The summed E-state index contributed by atoms with van der Waals surface area (Å²) in [5.74, 6) is 0.160. The van der Waals surface area contributed by atoms with Crippen molar-refractivity contribution in [2.45, 2.75) is 37.5 Å². The number of ether oxygens (including phenoxy) is 1. The first-order valence-corrected chi connectivity index (χ1v) is 14.1. The quantitative estimate of drug-likeness (QED) is 0.552. The third-order valence-electron chi connectivity index (χ3n) is 7.71. The Kier molecular flexibility index (Phi) is 7.07. The van der Waals surface area contributed by atoms with Gasteiger partial charge in [0, 0.05) is 44.5 Å². The SMILES string of the molecule is CC1CC2CNNC2C(S(=O)(=O)N2CC[C@@H](C(=O)Nc3ccc(N4CCOCC4)c(Cl)c3)C2)C1. The Balaban J connectivity index is 1.21. The first-order valence-electron chi connectivity index (χ1n) is 12.2. The summed E-state index contributed by atoms with van der Waals surface area (Å²) in [5.41, 5.74) is 7.90. The third-order valence-corrected chi connectivity index (χ3v) is 10.3. The van der Waals surface area contributed by atoms with Crippen LogP contribution in [0.3, 0.4) is 0 Å². The van der Waals surface area contributed by atoms with E-state index in [1.807, 2.05) is 12.1 Å². The average Bonchev–Trinajstić information content (AvgIpc) is 3.49. The number of nitrogens with one attached hydrogen (secondary N) is 3. The summed E-state index contributed by atoms with van der Waals surface area (Å²) in [7, 11) is -3.50. The smallest absolute Gasteiger partial charge is 0.228 e. The third kappa shape index (κ3) is 4.81. The highest BCUT2D eigenvalue weighted by molar-refractivity contribution is 7.89. The average molecular weight is 512 g/mol. The standard InChI is InChI=1S/C23H34ClN5O4S/c1-15-10-17-13-25-27-22(17)21(11-15)34(31,32)29-5-4-16(14-29)23(30)26-18-2-3-20(19(24)12-18)28-6-8-33-9-7-28/h2-3,12,15-17,21-22,25,27H,4-11,13-14H2,1H3,(H,26,30)/t15?,16-,17?,21?,22?/m1/s1. The Morgan fingerprint density at radius 3 is 2.76 bits per heavy atom. The first-order chi connectivity index (χ1) is 16.3. The number of hydrogen-bond acceptors (Lipinski definition) is 7. The van der Waals surface area contributed by atoms with Crippen LogP contribution < -0.4 is 21.1 Å². The zero-order chi connectivity index (χ0) is 23.9. The van der Waals surface area contributed by atoms with E-state index < -0.39 is 15.3 Å².